The van der Waals surface area contributed by atoms with E-state index in [0.717, 1.165) is 22.6 Å². The van der Waals surface area contributed by atoms with Gasteiger partial charge in [-0.15, -0.1) is 11.8 Å². The monoisotopic (exact) mass is 399 g/mol. The van der Waals surface area contributed by atoms with E-state index in [4.69, 9.17) is 4.74 Å². The number of fused-ring (bicyclic) bond motifs is 1. The lowest BCUT2D eigenvalue weighted by Crippen LogP contribution is -2.81. The highest BCUT2D eigenvalue weighted by Gasteiger charge is 2.78. The Bertz CT molecular complexity index is 835. The van der Waals surface area contributed by atoms with Gasteiger partial charge in [-0.3, -0.25) is 4.79 Å². The summed E-state index contributed by atoms with van der Waals surface area (Å²) in [5.74, 6) is 0.305. The fourth-order valence-electron chi connectivity index (χ4n) is 3.88. The molecule has 2 aromatic carbocycles. The molecule has 0 unspecified atom stereocenters. The topological polar surface area (TPSA) is 46.6 Å². The van der Waals surface area contributed by atoms with Gasteiger partial charge in [0.05, 0.1) is 6.61 Å². The first-order chi connectivity index (χ1) is 13.2. The molecule has 1 amide bonds. The number of carbonyl (C=O) groups is 2. The molecule has 0 saturated carbocycles. The van der Waals surface area contributed by atoms with Gasteiger partial charge in [-0.2, -0.15) is 0 Å². The Morgan fingerprint density at radius 1 is 1.15 bits per heavy atom. The second-order valence-electron chi connectivity index (χ2n) is 6.49. The maximum absolute atomic E-state index is 13.4. The van der Waals surface area contributed by atoms with Crippen LogP contribution in [-0.2, 0) is 19.2 Å². The third-order valence-corrected chi connectivity index (χ3v) is 8.24. The van der Waals surface area contributed by atoms with Crippen molar-refractivity contribution in [3.63, 3.8) is 0 Å². The van der Waals surface area contributed by atoms with Crippen LogP contribution >= 0.6 is 23.5 Å². The third-order valence-electron chi connectivity index (χ3n) is 4.98. The van der Waals surface area contributed by atoms with Crippen molar-refractivity contribution in [3.8, 4) is 0 Å². The number of esters is 1. The molecule has 2 aromatic rings. The van der Waals surface area contributed by atoms with Crippen molar-refractivity contribution in [2.24, 2.45) is 0 Å². The summed E-state index contributed by atoms with van der Waals surface area (Å²) in [6.07, 6.45) is 0.930. The number of hydrogen-bond donors (Lipinski definition) is 0. The Labute approximate surface area is 167 Å². The Morgan fingerprint density at radius 2 is 1.81 bits per heavy atom. The van der Waals surface area contributed by atoms with Gasteiger partial charge in [0.2, 0.25) is 4.75 Å². The molecule has 2 saturated heterocycles. The fraction of sp³-hybridized carbons (Fsp3) is 0.333. The number of β-lactam (4-membered cyclic amide) rings is 1. The number of benzene rings is 2. The van der Waals surface area contributed by atoms with Crippen molar-refractivity contribution in [2.75, 3.05) is 18.9 Å². The molecule has 2 aliphatic rings. The Hall–Kier alpha value is -1.92. The SMILES string of the molecule is CCOC(=O)[C@@]1(Sc2ccccc2)C(=O)N2CCCS[C@]21c1ccccc1. The van der Waals surface area contributed by atoms with Crippen molar-refractivity contribution in [3.05, 3.63) is 66.2 Å². The van der Waals surface area contributed by atoms with Crippen LogP contribution in [-0.4, -0.2) is 40.4 Å². The van der Waals surface area contributed by atoms with Gasteiger partial charge in [-0.25, -0.2) is 4.79 Å². The highest BCUT2D eigenvalue weighted by atomic mass is 32.2. The molecule has 27 heavy (non-hydrogen) atoms. The summed E-state index contributed by atoms with van der Waals surface area (Å²) in [5.41, 5.74) is 0.978. The second kappa shape index (κ2) is 7.24. The van der Waals surface area contributed by atoms with Crippen molar-refractivity contribution < 1.29 is 14.3 Å². The van der Waals surface area contributed by atoms with Gasteiger partial charge in [-0.1, -0.05) is 60.3 Å². The molecular formula is C21H21NO3S2. The van der Waals surface area contributed by atoms with Gasteiger partial charge in [-0.05, 0) is 36.8 Å². The molecular weight excluding hydrogens is 378 g/mol. The van der Waals surface area contributed by atoms with E-state index in [1.165, 1.54) is 11.8 Å². The van der Waals surface area contributed by atoms with E-state index in [0.29, 0.717) is 6.54 Å². The van der Waals surface area contributed by atoms with E-state index in [1.807, 2.05) is 65.6 Å². The largest absolute Gasteiger partial charge is 0.464 e. The fourth-order valence-corrected chi connectivity index (χ4v) is 7.11. The van der Waals surface area contributed by atoms with Crippen LogP contribution in [0.15, 0.2) is 65.6 Å². The molecule has 2 atom stereocenters. The molecule has 0 N–H and O–H groups in total. The van der Waals surface area contributed by atoms with E-state index in [2.05, 4.69) is 0 Å². The number of nitrogens with zero attached hydrogens (tertiary/aromatic N) is 1. The van der Waals surface area contributed by atoms with Crippen molar-refractivity contribution in [1.82, 2.24) is 4.90 Å². The average molecular weight is 400 g/mol. The highest BCUT2D eigenvalue weighted by molar-refractivity contribution is 8.06. The number of hydrogen-bond acceptors (Lipinski definition) is 5. The second-order valence-corrected chi connectivity index (χ2v) is 9.06. The van der Waals surface area contributed by atoms with Gasteiger partial charge >= 0.3 is 5.97 Å². The molecule has 0 aliphatic carbocycles. The Morgan fingerprint density at radius 3 is 2.48 bits per heavy atom. The highest BCUT2D eigenvalue weighted by Crippen LogP contribution is 2.65. The summed E-state index contributed by atoms with van der Waals surface area (Å²) in [5, 5.41) is 0. The van der Waals surface area contributed by atoms with Crippen molar-refractivity contribution in [2.45, 2.75) is 27.9 Å². The van der Waals surface area contributed by atoms with Crippen LogP contribution in [0.3, 0.4) is 0 Å². The van der Waals surface area contributed by atoms with Gasteiger partial charge in [0.1, 0.15) is 4.87 Å². The van der Waals surface area contributed by atoms with Crippen LogP contribution in [0, 0.1) is 0 Å². The van der Waals surface area contributed by atoms with Crippen molar-refractivity contribution >= 4 is 35.4 Å². The zero-order valence-corrected chi connectivity index (χ0v) is 16.7. The maximum Gasteiger partial charge on any atom is 0.336 e. The maximum atomic E-state index is 13.4. The van der Waals surface area contributed by atoms with Crippen LogP contribution in [0.1, 0.15) is 18.9 Å². The number of carbonyl (C=O) groups excluding carboxylic acids is 2. The van der Waals surface area contributed by atoms with Gasteiger partial charge in [0.25, 0.3) is 5.91 Å². The van der Waals surface area contributed by atoms with Crippen LogP contribution in [0.25, 0.3) is 0 Å². The number of thioether (sulfide) groups is 2. The molecule has 0 spiro atoms. The Balaban J connectivity index is 1.89. The predicted molar refractivity (Wildman–Crippen MR) is 109 cm³/mol. The standard InChI is InChI=1S/C21H21NO3S2/c1-2-25-19(24)20(27-17-12-7-4-8-13-17)18(23)22-14-9-15-26-21(20,22)16-10-5-3-6-11-16/h3-8,10-13H,2,9,14-15H2,1H3/t20-,21-/m0/s1. The van der Waals surface area contributed by atoms with Gasteiger partial charge in [0, 0.05) is 11.4 Å². The molecule has 4 rings (SSSR count). The van der Waals surface area contributed by atoms with Crippen LogP contribution in [0.4, 0.5) is 0 Å². The van der Waals surface area contributed by atoms with Crippen molar-refractivity contribution in [1.29, 1.82) is 0 Å². The minimum absolute atomic E-state index is 0.147. The lowest BCUT2D eigenvalue weighted by atomic mass is 9.79. The molecule has 0 aromatic heterocycles. The first-order valence-electron chi connectivity index (χ1n) is 9.09. The molecule has 6 heteroatoms. The molecule has 2 fully saturated rings. The van der Waals surface area contributed by atoms with E-state index in [-0.39, 0.29) is 12.5 Å². The molecule has 0 bridgehead atoms. The summed E-state index contributed by atoms with van der Waals surface area (Å²) in [4.78, 5) is 28.7. The normalized spacial score (nSPS) is 26.9. The van der Waals surface area contributed by atoms with Crippen LogP contribution in [0.5, 0.6) is 0 Å². The number of rotatable bonds is 5. The zero-order valence-electron chi connectivity index (χ0n) is 15.1. The summed E-state index contributed by atoms with van der Waals surface area (Å²) >= 11 is 3.01. The summed E-state index contributed by atoms with van der Waals surface area (Å²) < 4.78 is 4.16. The van der Waals surface area contributed by atoms with E-state index in [1.54, 1.807) is 18.7 Å². The minimum Gasteiger partial charge on any atom is -0.464 e. The molecule has 140 valence electrons. The van der Waals surface area contributed by atoms with Gasteiger partial charge in [0.15, 0.2) is 0 Å². The predicted octanol–water partition coefficient (Wildman–Crippen LogP) is 3.91. The lowest BCUT2D eigenvalue weighted by molar-refractivity contribution is -0.172. The number of ether oxygens (including phenoxy) is 1. The quantitative estimate of drug-likeness (QED) is 0.433. The molecule has 0 radical (unpaired) electrons. The van der Waals surface area contributed by atoms with Crippen LogP contribution in [0.2, 0.25) is 0 Å². The van der Waals surface area contributed by atoms with E-state index >= 15 is 0 Å². The number of amides is 1. The van der Waals surface area contributed by atoms with E-state index in [9.17, 15) is 9.59 Å². The van der Waals surface area contributed by atoms with E-state index < -0.39 is 15.6 Å². The summed E-state index contributed by atoms with van der Waals surface area (Å²) in [6.45, 7) is 2.69. The van der Waals surface area contributed by atoms with Gasteiger partial charge < -0.3 is 9.64 Å². The zero-order chi connectivity index (χ0) is 18.9. The van der Waals surface area contributed by atoms with Crippen LogP contribution < -0.4 is 0 Å². The third kappa shape index (κ3) is 2.61. The minimum atomic E-state index is -1.31. The lowest BCUT2D eigenvalue weighted by Gasteiger charge is -2.64. The first kappa shape index (κ1) is 18.4. The summed E-state index contributed by atoms with van der Waals surface area (Å²) in [6, 6.07) is 19.5. The average Bonchev–Trinajstić information content (AvgIpc) is 2.72. The molecule has 2 heterocycles. The molecule has 2 aliphatic heterocycles. The smallest absolute Gasteiger partial charge is 0.336 e. The Kier molecular flexibility index (Phi) is 4.95. The summed E-state index contributed by atoms with van der Waals surface area (Å²) in [7, 11) is 0. The first-order valence-corrected chi connectivity index (χ1v) is 10.9. The molecule has 4 nitrogen and oxygen atoms in total.